The molecule has 5 nitrogen and oxygen atoms in total. The lowest BCUT2D eigenvalue weighted by molar-refractivity contribution is -0.111. The number of carbonyl (C=O) groups is 1. The van der Waals surface area contributed by atoms with E-state index < -0.39 is 0 Å². The lowest BCUT2D eigenvalue weighted by Crippen LogP contribution is -2.09. The molecule has 0 aromatic heterocycles. The zero-order chi connectivity index (χ0) is 21.5. The van der Waals surface area contributed by atoms with Gasteiger partial charge in [0.25, 0.3) is 0 Å². The fraction of sp³-hybridized carbons (Fsp3) is 0.125. The van der Waals surface area contributed by atoms with Crippen molar-refractivity contribution in [3.8, 4) is 11.5 Å². The summed E-state index contributed by atoms with van der Waals surface area (Å²) in [5.41, 5.74) is 4.46. The molecule has 0 unspecified atom stereocenters. The van der Waals surface area contributed by atoms with E-state index in [9.17, 15) is 4.79 Å². The molecule has 0 heterocycles. The van der Waals surface area contributed by atoms with E-state index in [1.807, 2.05) is 61.5 Å². The van der Waals surface area contributed by atoms with E-state index in [2.05, 4.69) is 26.6 Å². The van der Waals surface area contributed by atoms with E-state index in [1.165, 1.54) is 11.6 Å². The summed E-state index contributed by atoms with van der Waals surface area (Å²) in [4.78, 5) is 12.5. The summed E-state index contributed by atoms with van der Waals surface area (Å²) in [6.45, 7) is 2.04. The van der Waals surface area contributed by atoms with Gasteiger partial charge in [-0.3, -0.25) is 4.79 Å². The maximum absolute atomic E-state index is 12.5. The number of carbonyl (C=O) groups excluding carboxylic acids is 1. The van der Waals surface area contributed by atoms with Gasteiger partial charge in [0.05, 0.1) is 30.1 Å². The summed E-state index contributed by atoms with van der Waals surface area (Å²) in [6, 6.07) is 19.3. The summed E-state index contributed by atoms with van der Waals surface area (Å²) in [5, 5.41) is 6.26. The van der Waals surface area contributed by atoms with Crippen molar-refractivity contribution in [3.05, 3.63) is 82.3 Å². The van der Waals surface area contributed by atoms with Crippen molar-refractivity contribution < 1.29 is 14.3 Å². The molecule has 0 aliphatic carbocycles. The largest absolute Gasteiger partial charge is 0.493 e. The normalized spacial score (nSPS) is 10.7. The van der Waals surface area contributed by atoms with Crippen LogP contribution < -0.4 is 20.1 Å². The van der Waals surface area contributed by atoms with Gasteiger partial charge in [0.15, 0.2) is 11.5 Å². The van der Waals surface area contributed by atoms with E-state index in [-0.39, 0.29) is 5.91 Å². The van der Waals surface area contributed by atoms with Crippen LogP contribution in [0.2, 0.25) is 0 Å². The van der Waals surface area contributed by atoms with Gasteiger partial charge in [0.2, 0.25) is 5.91 Å². The van der Waals surface area contributed by atoms with Gasteiger partial charge in [0, 0.05) is 11.8 Å². The first-order valence-corrected chi connectivity index (χ1v) is 10.1. The molecule has 3 rings (SSSR count). The maximum Gasteiger partial charge on any atom is 0.248 e. The Labute approximate surface area is 184 Å². The van der Waals surface area contributed by atoms with Crippen LogP contribution >= 0.6 is 15.9 Å². The van der Waals surface area contributed by atoms with Gasteiger partial charge in [-0.05, 0) is 70.9 Å². The molecule has 1 amide bonds. The molecule has 154 valence electrons. The van der Waals surface area contributed by atoms with E-state index >= 15 is 0 Å². The van der Waals surface area contributed by atoms with Gasteiger partial charge < -0.3 is 20.1 Å². The van der Waals surface area contributed by atoms with Crippen LogP contribution in [0.25, 0.3) is 6.08 Å². The lowest BCUT2D eigenvalue weighted by Gasteiger charge is -2.12. The van der Waals surface area contributed by atoms with Crippen LogP contribution in [0.3, 0.4) is 0 Å². The second-order valence-corrected chi connectivity index (χ2v) is 7.45. The molecule has 30 heavy (non-hydrogen) atoms. The Kier molecular flexibility index (Phi) is 7.14. The number of rotatable bonds is 7. The summed E-state index contributed by atoms with van der Waals surface area (Å²) in [6.07, 6.45) is 3.20. The minimum Gasteiger partial charge on any atom is -0.493 e. The molecule has 0 aliphatic heterocycles. The Morgan fingerprint density at radius 1 is 0.967 bits per heavy atom. The van der Waals surface area contributed by atoms with Gasteiger partial charge in [-0.1, -0.05) is 29.8 Å². The van der Waals surface area contributed by atoms with Crippen molar-refractivity contribution in [2.24, 2.45) is 0 Å². The topological polar surface area (TPSA) is 59.6 Å². The number of hydrogen-bond donors (Lipinski definition) is 2. The third-order valence-corrected chi connectivity index (χ3v) is 4.99. The predicted molar refractivity (Wildman–Crippen MR) is 126 cm³/mol. The number of amides is 1. The highest BCUT2D eigenvalue weighted by Crippen LogP contribution is 2.36. The number of hydrogen-bond acceptors (Lipinski definition) is 4. The van der Waals surface area contributed by atoms with Crippen LogP contribution in [-0.4, -0.2) is 20.1 Å². The first-order valence-electron chi connectivity index (χ1n) is 9.33. The first-order chi connectivity index (χ1) is 14.5. The summed E-state index contributed by atoms with van der Waals surface area (Å²) >= 11 is 3.46. The summed E-state index contributed by atoms with van der Waals surface area (Å²) < 4.78 is 11.4. The Morgan fingerprint density at radius 2 is 1.67 bits per heavy atom. The third-order valence-electron chi connectivity index (χ3n) is 4.40. The molecule has 0 spiro atoms. The SMILES string of the molecule is COc1cc(/C=C/C(=O)Nc2ccccc2Nc2ccc(C)cc2)cc(Br)c1OC. The van der Waals surface area contributed by atoms with Crippen LogP contribution in [0.5, 0.6) is 11.5 Å². The fourth-order valence-electron chi connectivity index (χ4n) is 2.87. The van der Waals surface area contributed by atoms with Gasteiger partial charge in [-0.2, -0.15) is 0 Å². The number of nitrogens with one attached hydrogen (secondary N) is 2. The van der Waals surface area contributed by atoms with Gasteiger partial charge in [0.1, 0.15) is 0 Å². The Morgan fingerprint density at radius 3 is 2.33 bits per heavy atom. The molecule has 0 saturated heterocycles. The number of para-hydroxylation sites is 2. The monoisotopic (exact) mass is 466 g/mol. The standard InChI is InChI=1S/C24H23BrN2O3/c1-16-8-11-18(12-9-16)26-20-6-4-5-7-21(20)27-23(28)13-10-17-14-19(25)24(30-3)22(15-17)29-2/h4-15,26H,1-3H3,(H,27,28)/b13-10+. The fourth-order valence-corrected chi connectivity index (χ4v) is 3.50. The summed E-state index contributed by atoms with van der Waals surface area (Å²) in [7, 11) is 3.15. The number of benzene rings is 3. The van der Waals surface area contributed by atoms with Crippen molar-refractivity contribution in [2.75, 3.05) is 24.9 Å². The van der Waals surface area contributed by atoms with Crippen molar-refractivity contribution in [3.63, 3.8) is 0 Å². The van der Waals surface area contributed by atoms with Crippen molar-refractivity contribution in [1.82, 2.24) is 0 Å². The maximum atomic E-state index is 12.5. The molecule has 0 radical (unpaired) electrons. The summed E-state index contributed by atoms with van der Waals surface area (Å²) in [5.74, 6) is 0.953. The quantitative estimate of drug-likeness (QED) is 0.408. The number of halogens is 1. The lowest BCUT2D eigenvalue weighted by atomic mass is 10.2. The van der Waals surface area contributed by atoms with E-state index in [1.54, 1.807) is 26.4 Å². The molecule has 6 heteroatoms. The zero-order valence-electron chi connectivity index (χ0n) is 17.0. The smallest absolute Gasteiger partial charge is 0.248 e. The average molecular weight is 467 g/mol. The highest BCUT2D eigenvalue weighted by Gasteiger charge is 2.10. The van der Waals surface area contributed by atoms with Crippen molar-refractivity contribution in [2.45, 2.75) is 6.92 Å². The highest BCUT2D eigenvalue weighted by atomic mass is 79.9. The van der Waals surface area contributed by atoms with Crippen LogP contribution in [0, 0.1) is 6.92 Å². The Bertz CT molecular complexity index is 1060. The molecule has 0 bridgehead atoms. The highest BCUT2D eigenvalue weighted by molar-refractivity contribution is 9.10. The van der Waals surface area contributed by atoms with Crippen molar-refractivity contribution in [1.29, 1.82) is 0 Å². The minimum absolute atomic E-state index is 0.237. The second kappa shape index (κ2) is 9.98. The van der Waals surface area contributed by atoms with Crippen molar-refractivity contribution >= 4 is 45.0 Å². The number of methoxy groups -OCH3 is 2. The molecular weight excluding hydrogens is 444 g/mol. The second-order valence-electron chi connectivity index (χ2n) is 6.60. The van der Waals surface area contributed by atoms with Gasteiger partial charge in [-0.15, -0.1) is 0 Å². The van der Waals surface area contributed by atoms with E-state index in [4.69, 9.17) is 9.47 Å². The molecule has 0 aliphatic rings. The van der Waals surface area contributed by atoms with Gasteiger partial charge in [-0.25, -0.2) is 0 Å². The Balaban J connectivity index is 1.74. The molecule has 3 aromatic rings. The number of anilines is 3. The number of ether oxygens (including phenoxy) is 2. The molecular formula is C24H23BrN2O3. The van der Waals surface area contributed by atoms with Crippen LogP contribution in [0.4, 0.5) is 17.1 Å². The van der Waals surface area contributed by atoms with Crippen LogP contribution in [-0.2, 0) is 4.79 Å². The minimum atomic E-state index is -0.237. The van der Waals surface area contributed by atoms with E-state index in [0.29, 0.717) is 17.2 Å². The Hall–Kier alpha value is -3.25. The van der Waals surface area contributed by atoms with E-state index in [0.717, 1.165) is 21.4 Å². The predicted octanol–water partition coefficient (Wildman–Crippen LogP) is 6.17. The average Bonchev–Trinajstić information content (AvgIpc) is 2.74. The molecule has 0 atom stereocenters. The van der Waals surface area contributed by atoms with Gasteiger partial charge >= 0.3 is 0 Å². The molecule has 0 fully saturated rings. The number of aryl methyl sites for hydroxylation is 1. The van der Waals surface area contributed by atoms with Crippen LogP contribution in [0.15, 0.2) is 71.2 Å². The third kappa shape index (κ3) is 5.42. The van der Waals surface area contributed by atoms with Crippen LogP contribution in [0.1, 0.15) is 11.1 Å². The first kappa shape index (κ1) is 21.5. The molecule has 0 saturated carbocycles. The molecule has 3 aromatic carbocycles. The zero-order valence-corrected chi connectivity index (χ0v) is 18.6. The molecule has 2 N–H and O–H groups in total.